The van der Waals surface area contributed by atoms with E-state index in [1.807, 2.05) is 30.3 Å². The maximum Gasteiger partial charge on any atom is 0.236 e. The Labute approximate surface area is 156 Å². The van der Waals surface area contributed by atoms with Gasteiger partial charge in [0, 0.05) is 25.7 Å². The molecule has 1 fully saturated rings. The second kappa shape index (κ2) is 9.48. The molecule has 146 valence electrons. The molecule has 0 saturated carbocycles. The van der Waals surface area contributed by atoms with Gasteiger partial charge in [-0.2, -0.15) is 0 Å². The minimum Gasteiger partial charge on any atom is -0.383 e. The van der Waals surface area contributed by atoms with Crippen LogP contribution in [0.2, 0.25) is 0 Å². The van der Waals surface area contributed by atoms with Gasteiger partial charge in [0.2, 0.25) is 5.91 Å². The Balaban J connectivity index is 2.03. The number of carbonyl (C=O) groups is 1. The highest BCUT2D eigenvalue weighted by Crippen LogP contribution is 2.22. The first kappa shape index (κ1) is 20.9. The summed E-state index contributed by atoms with van der Waals surface area (Å²) in [6.45, 7) is 5.21. The molecule has 6 nitrogen and oxygen atoms in total. The van der Waals surface area contributed by atoms with Gasteiger partial charge in [-0.15, -0.1) is 0 Å². The average Bonchev–Trinajstić information content (AvgIpc) is 2.96. The summed E-state index contributed by atoms with van der Waals surface area (Å²) in [6, 6.07) is 9.86. The van der Waals surface area contributed by atoms with Crippen LogP contribution in [0.25, 0.3) is 0 Å². The van der Waals surface area contributed by atoms with Crippen LogP contribution in [0.15, 0.2) is 30.3 Å². The number of amides is 1. The fraction of sp³-hybridized carbons (Fsp3) is 0.632. The maximum absolute atomic E-state index is 12.8. The zero-order valence-corrected chi connectivity index (χ0v) is 16.7. The maximum atomic E-state index is 12.8. The molecule has 2 rings (SSSR count). The number of nitrogens with one attached hydrogen (secondary N) is 1. The van der Waals surface area contributed by atoms with Crippen molar-refractivity contribution in [2.45, 2.75) is 32.4 Å². The van der Waals surface area contributed by atoms with Crippen molar-refractivity contribution in [2.24, 2.45) is 5.92 Å². The molecule has 1 heterocycles. The van der Waals surface area contributed by atoms with E-state index >= 15 is 0 Å². The van der Waals surface area contributed by atoms with E-state index in [4.69, 9.17) is 4.74 Å². The summed E-state index contributed by atoms with van der Waals surface area (Å²) in [5.74, 6) is 0.449. The molecule has 1 aromatic carbocycles. The fourth-order valence-electron chi connectivity index (χ4n) is 3.42. The summed E-state index contributed by atoms with van der Waals surface area (Å²) in [5.41, 5.74) is 1.14. The van der Waals surface area contributed by atoms with Crippen molar-refractivity contribution in [3.05, 3.63) is 35.9 Å². The predicted octanol–water partition coefficient (Wildman–Crippen LogP) is 1.64. The Morgan fingerprint density at radius 3 is 2.54 bits per heavy atom. The summed E-state index contributed by atoms with van der Waals surface area (Å²) in [5, 5.41) is 3.35. The first-order valence-corrected chi connectivity index (χ1v) is 10.9. The minimum absolute atomic E-state index is 0.0503. The first-order valence-electron chi connectivity index (χ1n) is 9.11. The van der Waals surface area contributed by atoms with Gasteiger partial charge in [0.15, 0.2) is 9.84 Å². The molecule has 0 bridgehead atoms. The van der Waals surface area contributed by atoms with Crippen molar-refractivity contribution >= 4 is 15.7 Å². The molecular formula is C19H30N2O4S. The molecular weight excluding hydrogens is 352 g/mol. The van der Waals surface area contributed by atoms with Crippen molar-refractivity contribution < 1.29 is 17.9 Å². The van der Waals surface area contributed by atoms with Gasteiger partial charge in [-0.1, -0.05) is 44.2 Å². The van der Waals surface area contributed by atoms with E-state index in [1.54, 1.807) is 12.0 Å². The van der Waals surface area contributed by atoms with Gasteiger partial charge >= 0.3 is 0 Å². The van der Waals surface area contributed by atoms with E-state index in [0.29, 0.717) is 25.5 Å². The number of ether oxygens (including phenoxy) is 1. The number of nitrogens with zero attached hydrogens (tertiary/aromatic N) is 1. The molecule has 1 N–H and O–H groups in total. The summed E-state index contributed by atoms with van der Waals surface area (Å²) >= 11 is 0. The Morgan fingerprint density at radius 1 is 1.31 bits per heavy atom. The number of benzene rings is 1. The largest absolute Gasteiger partial charge is 0.383 e. The molecule has 1 aliphatic heterocycles. The van der Waals surface area contributed by atoms with Crippen molar-refractivity contribution in [3.8, 4) is 0 Å². The number of hydrogen-bond acceptors (Lipinski definition) is 5. The summed E-state index contributed by atoms with van der Waals surface area (Å²) in [4.78, 5) is 14.5. The van der Waals surface area contributed by atoms with E-state index in [1.165, 1.54) is 0 Å². The molecule has 0 spiro atoms. The Morgan fingerprint density at radius 2 is 2.00 bits per heavy atom. The van der Waals surface area contributed by atoms with Gasteiger partial charge in [-0.3, -0.25) is 4.79 Å². The lowest BCUT2D eigenvalue weighted by Gasteiger charge is -2.30. The van der Waals surface area contributed by atoms with E-state index in [2.05, 4.69) is 19.2 Å². The van der Waals surface area contributed by atoms with Gasteiger partial charge in [-0.05, 0) is 17.9 Å². The van der Waals surface area contributed by atoms with Crippen molar-refractivity contribution in [1.82, 2.24) is 10.2 Å². The molecule has 26 heavy (non-hydrogen) atoms. The van der Waals surface area contributed by atoms with Crippen molar-refractivity contribution in [2.75, 3.05) is 38.3 Å². The molecule has 2 atom stereocenters. The van der Waals surface area contributed by atoms with Crippen molar-refractivity contribution in [1.29, 1.82) is 0 Å². The topological polar surface area (TPSA) is 75.7 Å². The highest BCUT2D eigenvalue weighted by Gasteiger charge is 2.34. The third-order valence-electron chi connectivity index (χ3n) is 4.80. The number of carbonyl (C=O) groups excluding carboxylic acids is 1. The standard InChI is InChI=1S/C19H30N2O4S/c1-15(2)19(16-7-5-4-6-8-16)20-13-18(22)21(10-11-25-3)17-9-12-26(23,24)14-17/h4-8,15,17,19-20H,9-14H2,1-3H3. The monoisotopic (exact) mass is 382 g/mol. The van der Waals surface area contributed by atoms with Gasteiger partial charge < -0.3 is 15.0 Å². The molecule has 1 aliphatic rings. The summed E-state index contributed by atoms with van der Waals surface area (Å²) in [7, 11) is -1.46. The normalized spacial score (nSPS) is 20.2. The quantitative estimate of drug-likeness (QED) is 0.703. The third kappa shape index (κ3) is 5.79. The summed E-state index contributed by atoms with van der Waals surface area (Å²) in [6.07, 6.45) is 0.504. The SMILES string of the molecule is COCCN(C(=O)CNC(c1ccccc1)C(C)C)C1CCS(=O)(=O)C1. The zero-order valence-electron chi connectivity index (χ0n) is 15.8. The number of rotatable bonds is 9. The van der Waals surface area contributed by atoms with Gasteiger partial charge in [0.05, 0.1) is 24.7 Å². The average molecular weight is 383 g/mol. The lowest BCUT2D eigenvalue weighted by atomic mass is 9.96. The lowest BCUT2D eigenvalue weighted by Crippen LogP contribution is -2.47. The van der Waals surface area contributed by atoms with E-state index in [0.717, 1.165) is 5.56 Å². The first-order chi connectivity index (χ1) is 12.3. The van der Waals surface area contributed by atoms with E-state index in [9.17, 15) is 13.2 Å². The molecule has 1 amide bonds. The van der Waals surface area contributed by atoms with Crippen molar-refractivity contribution in [3.63, 3.8) is 0 Å². The second-order valence-corrected chi connectivity index (χ2v) is 9.38. The Hall–Kier alpha value is -1.44. The zero-order chi connectivity index (χ0) is 19.2. The molecule has 7 heteroatoms. The third-order valence-corrected chi connectivity index (χ3v) is 6.55. The van der Waals surface area contributed by atoms with Crippen LogP contribution in [0.1, 0.15) is 31.9 Å². The van der Waals surface area contributed by atoms with E-state index in [-0.39, 0.29) is 36.0 Å². The highest BCUT2D eigenvalue weighted by molar-refractivity contribution is 7.91. The summed E-state index contributed by atoms with van der Waals surface area (Å²) < 4.78 is 28.7. The Kier molecular flexibility index (Phi) is 7.61. The minimum atomic E-state index is -3.04. The van der Waals surface area contributed by atoms with Crippen LogP contribution in [0.4, 0.5) is 0 Å². The van der Waals surface area contributed by atoms with Gasteiger partial charge in [0.25, 0.3) is 0 Å². The lowest BCUT2D eigenvalue weighted by molar-refractivity contribution is -0.133. The number of methoxy groups -OCH3 is 1. The van der Waals surface area contributed by atoms with Crippen LogP contribution in [-0.2, 0) is 19.4 Å². The van der Waals surface area contributed by atoms with Crippen LogP contribution in [0.3, 0.4) is 0 Å². The highest BCUT2D eigenvalue weighted by atomic mass is 32.2. The molecule has 0 aliphatic carbocycles. The van der Waals surface area contributed by atoms with E-state index < -0.39 is 9.84 Å². The van der Waals surface area contributed by atoms with Gasteiger partial charge in [-0.25, -0.2) is 8.42 Å². The molecule has 1 aromatic rings. The molecule has 0 radical (unpaired) electrons. The van der Waals surface area contributed by atoms with Crippen LogP contribution in [-0.4, -0.2) is 63.6 Å². The van der Waals surface area contributed by atoms with Crippen LogP contribution < -0.4 is 5.32 Å². The van der Waals surface area contributed by atoms with Crippen LogP contribution in [0, 0.1) is 5.92 Å². The molecule has 1 saturated heterocycles. The second-order valence-electron chi connectivity index (χ2n) is 7.15. The predicted molar refractivity (Wildman–Crippen MR) is 103 cm³/mol. The van der Waals surface area contributed by atoms with Gasteiger partial charge in [0.1, 0.15) is 0 Å². The smallest absolute Gasteiger partial charge is 0.236 e. The number of hydrogen-bond donors (Lipinski definition) is 1. The van der Waals surface area contributed by atoms with Crippen LogP contribution >= 0.6 is 0 Å². The fourth-order valence-corrected chi connectivity index (χ4v) is 5.15. The van der Waals surface area contributed by atoms with Crippen LogP contribution in [0.5, 0.6) is 0 Å². The molecule has 2 unspecified atom stereocenters. The number of sulfone groups is 1. The Bertz CT molecular complexity index is 676. The molecule has 0 aromatic heterocycles.